The van der Waals surface area contributed by atoms with Gasteiger partial charge in [-0.15, -0.1) is 0 Å². The van der Waals surface area contributed by atoms with Crippen molar-refractivity contribution in [2.45, 2.75) is 46.2 Å². The summed E-state index contributed by atoms with van der Waals surface area (Å²) >= 11 is 0. The van der Waals surface area contributed by atoms with Crippen LogP contribution in [-0.2, 0) is 6.54 Å². The minimum Gasteiger partial charge on any atom is -0.301 e. The van der Waals surface area contributed by atoms with Gasteiger partial charge >= 0.3 is 0 Å². The summed E-state index contributed by atoms with van der Waals surface area (Å²) in [5, 5.41) is 0.544. The van der Waals surface area contributed by atoms with Gasteiger partial charge < -0.3 is 4.90 Å². The molecule has 1 saturated heterocycles. The number of rotatable bonds is 4. The summed E-state index contributed by atoms with van der Waals surface area (Å²) in [6.45, 7) is 9.00. The monoisotopic (exact) mass is 393 g/mol. The second-order valence-electron chi connectivity index (χ2n) is 8.47. The van der Waals surface area contributed by atoms with E-state index in [0.29, 0.717) is 46.1 Å². The van der Waals surface area contributed by atoms with Crippen molar-refractivity contribution in [2.24, 2.45) is 5.92 Å². The van der Waals surface area contributed by atoms with Crippen molar-refractivity contribution in [1.29, 1.82) is 0 Å². The van der Waals surface area contributed by atoms with Crippen LogP contribution >= 0.6 is 0 Å². The van der Waals surface area contributed by atoms with Crippen LogP contribution in [0.15, 0.2) is 47.5 Å². The second-order valence-corrected chi connectivity index (χ2v) is 8.47. The lowest BCUT2D eigenvalue weighted by Crippen LogP contribution is -2.42. The molecule has 0 N–H and O–H groups in total. The molecule has 0 saturated carbocycles. The number of piperidine rings is 1. The van der Waals surface area contributed by atoms with E-state index in [1.807, 2.05) is 12.1 Å². The zero-order valence-corrected chi connectivity index (χ0v) is 17.4. The molecule has 3 aromatic rings. The molecular formula is C24H28FN3O. The fourth-order valence-corrected chi connectivity index (χ4v) is 4.32. The van der Waals surface area contributed by atoms with Crippen LogP contribution in [-0.4, -0.2) is 33.6 Å². The third-order valence-electron chi connectivity index (χ3n) is 6.06. The first-order valence-electron chi connectivity index (χ1n) is 10.4. The second kappa shape index (κ2) is 8.07. The smallest absolute Gasteiger partial charge is 0.261 e. The molecule has 1 aliphatic rings. The van der Waals surface area contributed by atoms with E-state index in [9.17, 15) is 9.18 Å². The predicted molar refractivity (Wildman–Crippen MR) is 116 cm³/mol. The first-order valence-corrected chi connectivity index (χ1v) is 10.4. The Balaban J connectivity index is 1.68. The maximum Gasteiger partial charge on any atom is 0.261 e. The van der Waals surface area contributed by atoms with Crippen LogP contribution in [0.5, 0.6) is 0 Å². The zero-order chi connectivity index (χ0) is 20.5. The van der Waals surface area contributed by atoms with Crippen molar-refractivity contribution in [3.05, 3.63) is 64.5 Å². The molecule has 2 aromatic carbocycles. The van der Waals surface area contributed by atoms with Gasteiger partial charge in [-0.2, -0.15) is 0 Å². The molecule has 1 aromatic heterocycles. The number of benzene rings is 2. The summed E-state index contributed by atoms with van der Waals surface area (Å²) in [5.74, 6) is 0.201. The number of fused-ring (bicyclic) bond motifs is 1. The Bertz CT molecular complexity index is 1090. The first-order chi connectivity index (χ1) is 13.9. The quantitative estimate of drug-likeness (QED) is 0.649. The van der Waals surface area contributed by atoms with E-state index in [0.717, 1.165) is 25.9 Å². The number of halogens is 1. The third-order valence-corrected chi connectivity index (χ3v) is 6.06. The van der Waals surface area contributed by atoms with Gasteiger partial charge in [0.15, 0.2) is 0 Å². The number of likely N-dealkylation sites (tertiary alicyclic amines) is 1. The SMILES string of the molecule is Cc1cccc(-c2ccc3ncn(C[C@H]4CCCN(C(C)C)C4)c(=O)c3c2)c1F. The molecule has 0 unspecified atom stereocenters. The van der Waals surface area contributed by atoms with Gasteiger partial charge in [-0.1, -0.05) is 24.3 Å². The Morgan fingerprint density at radius 3 is 2.86 bits per heavy atom. The Labute approximate surface area is 171 Å². The van der Waals surface area contributed by atoms with E-state index in [1.54, 1.807) is 42.1 Å². The standard InChI is InChI=1S/C24H28FN3O/c1-16(2)27-11-5-7-18(13-27)14-28-15-26-22-10-9-19(12-21(22)24(28)29)20-8-4-6-17(3)23(20)25/h4,6,8-10,12,15-16,18H,5,7,11,13-14H2,1-3H3/t18-/m0/s1. The lowest BCUT2D eigenvalue weighted by molar-refractivity contribution is 0.130. The highest BCUT2D eigenvalue weighted by atomic mass is 19.1. The lowest BCUT2D eigenvalue weighted by Gasteiger charge is -2.35. The lowest BCUT2D eigenvalue weighted by atomic mass is 9.97. The summed E-state index contributed by atoms with van der Waals surface area (Å²) < 4.78 is 16.3. The minimum atomic E-state index is -0.243. The number of hydrogen-bond donors (Lipinski definition) is 0. The average molecular weight is 394 g/mol. The van der Waals surface area contributed by atoms with Gasteiger partial charge in [0.25, 0.3) is 5.56 Å². The van der Waals surface area contributed by atoms with Gasteiger partial charge in [0.2, 0.25) is 0 Å². The Hall–Kier alpha value is -2.53. The topological polar surface area (TPSA) is 38.1 Å². The number of aromatic nitrogens is 2. The molecule has 0 spiro atoms. The van der Waals surface area contributed by atoms with E-state index < -0.39 is 0 Å². The Morgan fingerprint density at radius 2 is 2.07 bits per heavy atom. The van der Waals surface area contributed by atoms with E-state index in [4.69, 9.17) is 0 Å². The number of hydrogen-bond acceptors (Lipinski definition) is 3. The Kier molecular flexibility index (Phi) is 5.50. The zero-order valence-electron chi connectivity index (χ0n) is 17.4. The minimum absolute atomic E-state index is 0.0495. The van der Waals surface area contributed by atoms with E-state index in [-0.39, 0.29) is 11.4 Å². The normalized spacial score (nSPS) is 17.9. The van der Waals surface area contributed by atoms with Crippen molar-refractivity contribution in [1.82, 2.24) is 14.5 Å². The highest BCUT2D eigenvalue weighted by molar-refractivity contribution is 5.83. The van der Waals surface area contributed by atoms with Crippen molar-refractivity contribution in [3.8, 4) is 11.1 Å². The summed E-state index contributed by atoms with van der Waals surface area (Å²) in [7, 11) is 0. The highest BCUT2D eigenvalue weighted by Crippen LogP contribution is 2.27. The first kappa shape index (κ1) is 19.8. The molecule has 2 heterocycles. The van der Waals surface area contributed by atoms with E-state index in [1.165, 1.54) is 0 Å². The molecule has 0 bridgehead atoms. The van der Waals surface area contributed by atoms with Crippen LogP contribution in [0.3, 0.4) is 0 Å². The van der Waals surface area contributed by atoms with E-state index >= 15 is 0 Å². The van der Waals surface area contributed by atoms with Crippen LogP contribution in [0.25, 0.3) is 22.0 Å². The molecule has 0 radical (unpaired) electrons. The van der Waals surface area contributed by atoms with Crippen molar-refractivity contribution in [3.63, 3.8) is 0 Å². The van der Waals surface area contributed by atoms with Gasteiger partial charge in [0.1, 0.15) is 5.82 Å². The predicted octanol–water partition coefficient (Wildman–Crippen LogP) is 4.63. The fourth-order valence-electron chi connectivity index (χ4n) is 4.32. The van der Waals surface area contributed by atoms with Gasteiger partial charge in [-0.05, 0) is 69.3 Å². The van der Waals surface area contributed by atoms with Crippen molar-refractivity contribution in [2.75, 3.05) is 13.1 Å². The summed E-state index contributed by atoms with van der Waals surface area (Å²) in [6.07, 6.45) is 3.95. The van der Waals surface area contributed by atoms with Gasteiger partial charge in [0.05, 0.1) is 17.2 Å². The number of aryl methyl sites for hydroxylation is 1. The van der Waals surface area contributed by atoms with Crippen LogP contribution in [0.4, 0.5) is 4.39 Å². The Morgan fingerprint density at radius 1 is 1.24 bits per heavy atom. The highest BCUT2D eigenvalue weighted by Gasteiger charge is 2.22. The van der Waals surface area contributed by atoms with Crippen LogP contribution < -0.4 is 5.56 Å². The summed E-state index contributed by atoms with van der Waals surface area (Å²) in [5.41, 5.74) is 2.42. The molecule has 0 aliphatic carbocycles. The maximum atomic E-state index is 14.6. The molecule has 0 amide bonds. The molecule has 152 valence electrons. The maximum absolute atomic E-state index is 14.6. The average Bonchev–Trinajstić information content (AvgIpc) is 2.72. The molecule has 1 aliphatic heterocycles. The molecular weight excluding hydrogens is 365 g/mol. The summed E-state index contributed by atoms with van der Waals surface area (Å²) in [4.78, 5) is 20.1. The molecule has 29 heavy (non-hydrogen) atoms. The molecule has 1 fully saturated rings. The van der Waals surface area contributed by atoms with Gasteiger partial charge in [-0.25, -0.2) is 9.37 Å². The third kappa shape index (κ3) is 3.97. The fraction of sp³-hybridized carbons (Fsp3) is 0.417. The largest absolute Gasteiger partial charge is 0.301 e. The molecule has 5 heteroatoms. The van der Waals surface area contributed by atoms with Crippen LogP contribution in [0.2, 0.25) is 0 Å². The summed E-state index contributed by atoms with van der Waals surface area (Å²) in [6, 6.07) is 11.3. The number of nitrogens with zero attached hydrogens (tertiary/aromatic N) is 3. The molecule has 1 atom stereocenters. The molecule has 4 nitrogen and oxygen atoms in total. The van der Waals surface area contributed by atoms with Gasteiger partial charge in [-0.3, -0.25) is 9.36 Å². The van der Waals surface area contributed by atoms with E-state index in [2.05, 4.69) is 23.7 Å². The molecule has 4 rings (SSSR count). The van der Waals surface area contributed by atoms with Crippen molar-refractivity contribution >= 4 is 10.9 Å². The van der Waals surface area contributed by atoms with Crippen molar-refractivity contribution < 1.29 is 4.39 Å². The van der Waals surface area contributed by atoms with Crippen LogP contribution in [0.1, 0.15) is 32.3 Å². The van der Waals surface area contributed by atoms with Crippen LogP contribution in [0, 0.1) is 18.7 Å². The van der Waals surface area contributed by atoms with Gasteiger partial charge in [0, 0.05) is 24.7 Å².